The fraction of sp³-hybridized carbons (Fsp3) is 0.136. The van der Waals surface area contributed by atoms with Gasteiger partial charge < -0.3 is 5.32 Å². The summed E-state index contributed by atoms with van der Waals surface area (Å²) >= 11 is 13.8. The van der Waals surface area contributed by atoms with Crippen molar-refractivity contribution >= 4 is 62.3 Å². The van der Waals surface area contributed by atoms with Crippen LogP contribution in [0.25, 0.3) is 0 Å². The first-order valence-electron chi connectivity index (χ1n) is 9.37. The summed E-state index contributed by atoms with van der Waals surface area (Å²) in [5, 5.41) is 3.35. The van der Waals surface area contributed by atoms with Gasteiger partial charge in [0.25, 0.3) is 10.0 Å². The third-order valence-electron chi connectivity index (χ3n) is 4.21. The van der Waals surface area contributed by atoms with Crippen molar-refractivity contribution < 1.29 is 13.2 Å². The number of hydrogen-bond acceptors (Lipinski definition) is 4. The van der Waals surface area contributed by atoms with Crippen LogP contribution in [0.3, 0.4) is 0 Å². The molecule has 0 heterocycles. The molecule has 0 aliphatic carbocycles. The molecule has 31 heavy (non-hydrogen) atoms. The van der Waals surface area contributed by atoms with E-state index in [1.165, 1.54) is 30.3 Å². The van der Waals surface area contributed by atoms with Crippen LogP contribution in [-0.2, 0) is 14.8 Å². The Morgan fingerprint density at radius 1 is 0.968 bits per heavy atom. The number of rotatable bonds is 8. The number of benzene rings is 3. The highest BCUT2D eigenvalue weighted by Crippen LogP contribution is 2.30. The third kappa shape index (κ3) is 5.95. The van der Waals surface area contributed by atoms with Crippen molar-refractivity contribution in [1.29, 1.82) is 0 Å². The number of nitrogens with one attached hydrogen (secondary N) is 1. The first kappa shape index (κ1) is 23.5. The summed E-state index contributed by atoms with van der Waals surface area (Å²) in [6, 6.07) is 19.7. The smallest absolute Gasteiger partial charge is 0.264 e. The number of para-hydroxylation sites is 1. The van der Waals surface area contributed by atoms with Crippen molar-refractivity contribution in [2.45, 2.75) is 16.7 Å². The summed E-state index contributed by atoms with van der Waals surface area (Å²) in [4.78, 5) is 13.9. The molecule has 162 valence electrons. The molecular formula is C22H20Cl2N2O3S2. The Labute approximate surface area is 196 Å². The minimum absolute atomic E-state index is 0.0563. The molecule has 0 saturated carbocycles. The van der Waals surface area contributed by atoms with E-state index in [9.17, 15) is 13.2 Å². The van der Waals surface area contributed by atoms with Gasteiger partial charge in [0, 0.05) is 14.9 Å². The number of halogens is 2. The molecule has 0 aliphatic rings. The van der Waals surface area contributed by atoms with E-state index in [0.717, 1.165) is 15.0 Å². The molecule has 3 aromatic carbocycles. The first-order chi connectivity index (χ1) is 14.8. The summed E-state index contributed by atoms with van der Waals surface area (Å²) in [5.74, 6) is 0.349. The lowest BCUT2D eigenvalue weighted by Crippen LogP contribution is -2.38. The fourth-order valence-electron chi connectivity index (χ4n) is 2.89. The predicted octanol–water partition coefficient (Wildman–Crippen LogP) is 5.94. The Morgan fingerprint density at radius 3 is 2.23 bits per heavy atom. The molecule has 3 aromatic rings. The van der Waals surface area contributed by atoms with E-state index < -0.39 is 22.5 Å². The summed E-state index contributed by atoms with van der Waals surface area (Å²) < 4.78 is 27.7. The van der Waals surface area contributed by atoms with E-state index in [1.807, 2.05) is 25.1 Å². The number of hydrogen-bond donors (Lipinski definition) is 1. The number of carbonyl (C=O) groups excluding carboxylic acids is 1. The van der Waals surface area contributed by atoms with Crippen LogP contribution in [0.4, 0.5) is 11.4 Å². The number of anilines is 2. The van der Waals surface area contributed by atoms with Gasteiger partial charge in [-0.25, -0.2) is 8.42 Å². The molecule has 0 bridgehead atoms. The normalized spacial score (nSPS) is 11.2. The van der Waals surface area contributed by atoms with Crippen molar-refractivity contribution in [3.63, 3.8) is 0 Å². The SMILES string of the molecule is CCSc1ccccc1NC(=O)CN(c1cc(Cl)cc(Cl)c1)S(=O)(=O)c1ccccc1. The molecule has 0 aliphatic heterocycles. The van der Waals surface area contributed by atoms with Crippen LogP contribution < -0.4 is 9.62 Å². The molecular weight excluding hydrogens is 475 g/mol. The molecule has 9 heteroatoms. The van der Waals surface area contributed by atoms with Gasteiger partial charge in [-0.2, -0.15) is 0 Å². The average Bonchev–Trinajstić information content (AvgIpc) is 2.73. The minimum Gasteiger partial charge on any atom is -0.323 e. The van der Waals surface area contributed by atoms with E-state index in [0.29, 0.717) is 5.69 Å². The lowest BCUT2D eigenvalue weighted by molar-refractivity contribution is -0.114. The van der Waals surface area contributed by atoms with Crippen LogP contribution in [0.1, 0.15) is 6.92 Å². The number of sulfonamides is 1. The van der Waals surface area contributed by atoms with Crippen LogP contribution in [0.2, 0.25) is 10.0 Å². The van der Waals surface area contributed by atoms with E-state index in [4.69, 9.17) is 23.2 Å². The molecule has 0 atom stereocenters. The lowest BCUT2D eigenvalue weighted by atomic mass is 10.3. The summed E-state index contributed by atoms with van der Waals surface area (Å²) in [7, 11) is -4.05. The maximum atomic E-state index is 13.4. The molecule has 1 N–H and O–H groups in total. The Balaban J connectivity index is 1.97. The van der Waals surface area contributed by atoms with Gasteiger partial charge in [0.1, 0.15) is 6.54 Å². The highest BCUT2D eigenvalue weighted by Gasteiger charge is 2.28. The zero-order valence-electron chi connectivity index (χ0n) is 16.6. The van der Waals surface area contributed by atoms with Crippen LogP contribution in [0.15, 0.2) is 82.6 Å². The van der Waals surface area contributed by atoms with Gasteiger partial charge in [0.2, 0.25) is 5.91 Å². The van der Waals surface area contributed by atoms with Gasteiger partial charge in [0.05, 0.1) is 16.3 Å². The number of carbonyl (C=O) groups is 1. The van der Waals surface area contributed by atoms with Crippen molar-refractivity contribution in [3.8, 4) is 0 Å². The molecule has 0 spiro atoms. The zero-order chi connectivity index (χ0) is 22.4. The molecule has 0 fully saturated rings. The second-order valence-corrected chi connectivity index (χ2v) is 10.5. The molecule has 0 saturated heterocycles. The Morgan fingerprint density at radius 2 is 1.58 bits per heavy atom. The van der Waals surface area contributed by atoms with Crippen LogP contribution >= 0.6 is 35.0 Å². The fourth-order valence-corrected chi connectivity index (χ4v) is 5.59. The van der Waals surface area contributed by atoms with Crippen molar-refractivity contribution in [3.05, 3.63) is 82.8 Å². The zero-order valence-corrected chi connectivity index (χ0v) is 19.7. The first-order valence-corrected chi connectivity index (χ1v) is 12.5. The molecule has 0 radical (unpaired) electrons. The predicted molar refractivity (Wildman–Crippen MR) is 129 cm³/mol. The van der Waals surface area contributed by atoms with Crippen molar-refractivity contribution in [2.75, 3.05) is 21.9 Å². The van der Waals surface area contributed by atoms with E-state index in [1.54, 1.807) is 36.0 Å². The summed E-state index contributed by atoms with van der Waals surface area (Å²) in [6.45, 7) is 1.57. The molecule has 3 rings (SSSR count). The monoisotopic (exact) mass is 494 g/mol. The standard InChI is InChI=1S/C22H20Cl2N2O3S2/c1-2-30-21-11-7-6-10-20(21)25-22(27)15-26(18-13-16(23)12-17(24)14-18)31(28,29)19-8-4-3-5-9-19/h3-14H,2,15H2,1H3,(H,25,27). The van der Waals surface area contributed by atoms with Gasteiger partial charge in [-0.05, 0) is 48.2 Å². The topological polar surface area (TPSA) is 66.5 Å². The molecule has 5 nitrogen and oxygen atoms in total. The molecule has 0 unspecified atom stereocenters. The third-order valence-corrected chi connectivity index (χ3v) is 7.39. The van der Waals surface area contributed by atoms with E-state index >= 15 is 0 Å². The molecule has 1 amide bonds. The van der Waals surface area contributed by atoms with Crippen LogP contribution in [0, 0.1) is 0 Å². The van der Waals surface area contributed by atoms with Gasteiger partial charge in [-0.15, -0.1) is 11.8 Å². The number of amides is 1. The lowest BCUT2D eigenvalue weighted by Gasteiger charge is -2.24. The summed E-state index contributed by atoms with van der Waals surface area (Å²) in [5.41, 5.74) is 0.827. The second kappa shape index (κ2) is 10.4. The summed E-state index contributed by atoms with van der Waals surface area (Å²) in [6.07, 6.45) is 0. The van der Waals surface area contributed by atoms with Crippen LogP contribution in [0.5, 0.6) is 0 Å². The second-order valence-electron chi connectivity index (χ2n) is 6.43. The van der Waals surface area contributed by atoms with Crippen molar-refractivity contribution in [2.24, 2.45) is 0 Å². The van der Waals surface area contributed by atoms with E-state index in [-0.39, 0.29) is 20.6 Å². The van der Waals surface area contributed by atoms with Gasteiger partial charge >= 0.3 is 0 Å². The highest BCUT2D eigenvalue weighted by atomic mass is 35.5. The largest absolute Gasteiger partial charge is 0.323 e. The average molecular weight is 495 g/mol. The maximum absolute atomic E-state index is 13.4. The number of thioether (sulfide) groups is 1. The van der Waals surface area contributed by atoms with Crippen molar-refractivity contribution in [1.82, 2.24) is 0 Å². The maximum Gasteiger partial charge on any atom is 0.264 e. The molecule has 0 aromatic heterocycles. The van der Waals surface area contributed by atoms with Crippen LogP contribution in [-0.4, -0.2) is 26.6 Å². The van der Waals surface area contributed by atoms with E-state index in [2.05, 4.69) is 5.32 Å². The Kier molecular flexibility index (Phi) is 7.89. The van der Waals surface area contributed by atoms with Gasteiger partial charge in [-0.1, -0.05) is 60.5 Å². The Bertz CT molecular complexity index is 1150. The van der Waals surface area contributed by atoms with Gasteiger partial charge in [0.15, 0.2) is 0 Å². The highest BCUT2D eigenvalue weighted by molar-refractivity contribution is 7.99. The van der Waals surface area contributed by atoms with Gasteiger partial charge in [-0.3, -0.25) is 9.10 Å². The quantitative estimate of drug-likeness (QED) is 0.393. The minimum atomic E-state index is -4.05. The Hall–Kier alpha value is -2.19. The number of nitrogens with zero attached hydrogens (tertiary/aromatic N) is 1.